The van der Waals surface area contributed by atoms with Gasteiger partial charge in [0.05, 0.1) is 0 Å². The molecule has 1 atom stereocenters. The molecule has 0 bridgehead atoms. The van der Waals surface area contributed by atoms with Crippen molar-refractivity contribution in [1.29, 1.82) is 0 Å². The van der Waals surface area contributed by atoms with Gasteiger partial charge in [-0.05, 0) is 30.9 Å². The fraction of sp³-hybridized carbons (Fsp3) is 0.588. The highest BCUT2D eigenvalue weighted by Crippen LogP contribution is 2.11. The molecule has 0 aromatic heterocycles. The molecule has 0 saturated carbocycles. The third-order valence-corrected chi connectivity index (χ3v) is 4.06. The first kappa shape index (κ1) is 15.0. The molecule has 1 aliphatic heterocycles. The van der Waals surface area contributed by atoms with Gasteiger partial charge in [0.1, 0.15) is 0 Å². The highest BCUT2D eigenvalue weighted by Gasteiger charge is 2.23. The zero-order chi connectivity index (χ0) is 14.4. The van der Waals surface area contributed by atoms with Gasteiger partial charge >= 0.3 is 0 Å². The summed E-state index contributed by atoms with van der Waals surface area (Å²) >= 11 is 0. The predicted octanol–water partition coefficient (Wildman–Crippen LogP) is 2.47. The second-order valence-corrected chi connectivity index (χ2v) is 5.98. The van der Waals surface area contributed by atoms with Crippen molar-refractivity contribution < 1.29 is 4.79 Å². The van der Waals surface area contributed by atoms with Crippen molar-refractivity contribution in [3.8, 4) is 0 Å². The van der Waals surface area contributed by atoms with Gasteiger partial charge in [0.2, 0.25) is 5.91 Å². The van der Waals surface area contributed by atoms with E-state index in [0.717, 1.165) is 32.5 Å². The van der Waals surface area contributed by atoms with Crippen LogP contribution in [0.2, 0.25) is 0 Å². The van der Waals surface area contributed by atoms with Gasteiger partial charge in [-0.1, -0.05) is 44.2 Å². The zero-order valence-corrected chi connectivity index (χ0v) is 12.6. The van der Waals surface area contributed by atoms with Crippen LogP contribution in [-0.2, 0) is 11.2 Å². The van der Waals surface area contributed by atoms with E-state index in [2.05, 4.69) is 31.3 Å². The fourth-order valence-corrected chi connectivity index (χ4v) is 2.68. The van der Waals surface area contributed by atoms with Gasteiger partial charge in [-0.3, -0.25) is 4.79 Å². The lowest BCUT2D eigenvalue weighted by molar-refractivity contribution is -0.131. The Labute approximate surface area is 122 Å². The number of aryl methyl sites for hydroxylation is 1. The quantitative estimate of drug-likeness (QED) is 0.915. The summed E-state index contributed by atoms with van der Waals surface area (Å²) < 4.78 is 0. The van der Waals surface area contributed by atoms with Gasteiger partial charge < -0.3 is 10.2 Å². The van der Waals surface area contributed by atoms with E-state index in [1.54, 1.807) is 0 Å². The van der Waals surface area contributed by atoms with Gasteiger partial charge in [0.15, 0.2) is 0 Å². The Morgan fingerprint density at radius 1 is 1.35 bits per heavy atom. The monoisotopic (exact) mass is 274 g/mol. The normalized spacial score (nSPS) is 19.9. The van der Waals surface area contributed by atoms with E-state index in [9.17, 15) is 4.79 Å². The molecule has 1 unspecified atom stereocenters. The largest absolute Gasteiger partial charge is 0.341 e. The van der Waals surface area contributed by atoms with Crippen molar-refractivity contribution in [1.82, 2.24) is 10.2 Å². The molecule has 1 fully saturated rings. The average Bonchev–Trinajstić information content (AvgIpc) is 2.72. The van der Waals surface area contributed by atoms with E-state index >= 15 is 0 Å². The number of carbonyl (C=O) groups excluding carboxylic acids is 1. The van der Waals surface area contributed by atoms with E-state index < -0.39 is 0 Å². The molecular formula is C17H26N2O. The second kappa shape index (κ2) is 7.44. The topological polar surface area (TPSA) is 32.3 Å². The van der Waals surface area contributed by atoms with Crippen LogP contribution in [0.1, 0.15) is 32.3 Å². The third-order valence-electron chi connectivity index (χ3n) is 4.06. The molecule has 1 amide bonds. The summed E-state index contributed by atoms with van der Waals surface area (Å²) in [5, 5.41) is 3.55. The number of hydrogen-bond acceptors (Lipinski definition) is 2. The van der Waals surface area contributed by atoms with Crippen LogP contribution in [0.3, 0.4) is 0 Å². The Bertz CT molecular complexity index is 416. The maximum atomic E-state index is 12.4. The fourth-order valence-electron chi connectivity index (χ4n) is 2.68. The molecule has 1 aliphatic rings. The predicted molar refractivity (Wildman–Crippen MR) is 82.6 cm³/mol. The third kappa shape index (κ3) is 4.34. The number of hydrogen-bond donors (Lipinski definition) is 1. The van der Waals surface area contributed by atoms with Crippen molar-refractivity contribution in [2.24, 2.45) is 5.92 Å². The second-order valence-electron chi connectivity index (χ2n) is 5.98. The first-order valence-electron chi connectivity index (χ1n) is 7.72. The molecule has 1 aromatic carbocycles. The zero-order valence-electron chi connectivity index (χ0n) is 12.6. The van der Waals surface area contributed by atoms with Crippen molar-refractivity contribution in [2.75, 3.05) is 19.6 Å². The molecule has 0 spiro atoms. The lowest BCUT2D eigenvalue weighted by Crippen LogP contribution is -2.43. The smallest absolute Gasteiger partial charge is 0.222 e. The summed E-state index contributed by atoms with van der Waals surface area (Å²) in [6, 6.07) is 10.7. The molecular weight excluding hydrogens is 248 g/mol. The maximum Gasteiger partial charge on any atom is 0.222 e. The van der Waals surface area contributed by atoms with E-state index in [1.807, 2.05) is 23.1 Å². The van der Waals surface area contributed by atoms with Crippen LogP contribution < -0.4 is 5.32 Å². The summed E-state index contributed by atoms with van der Waals surface area (Å²) in [5.74, 6) is 0.862. The highest BCUT2D eigenvalue weighted by atomic mass is 16.2. The lowest BCUT2D eigenvalue weighted by Gasteiger charge is -2.27. The Hall–Kier alpha value is -1.35. The molecule has 2 rings (SSSR count). The Balaban J connectivity index is 1.87. The van der Waals surface area contributed by atoms with Crippen molar-refractivity contribution in [2.45, 2.75) is 39.2 Å². The molecule has 1 saturated heterocycles. The van der Waals surface area contributed by atoms with Crippen molar-refractivity contribution in [3.05, 3.63) is 35.9 Å². The number of nitrogens with zero attached hydrogens (tertiary/aromatic N) is 1. The molecule has 1 aromatic rings. The summed E-state index contributed by atoms with van der Waals surface area (Å²) in [7, 11) is 0. The maximum absolute atomic E-state index is 12.4. The summed E-state index contributed by atoms with van der Waals surface area (Å²) in [6.07, 6.45) is 2.52. The average molecular weight is 274 g/mol. The molecule has 1 heterocycles. The Morgan fingerprint density at radius 3 is 2.80 bits per heavy atom. The van der Waals surface area contributed by atoms with Crippen LogP contribution >= 0.6 is 0 Å². The number of amides is 1. The molecule has 1 N–H and O–H groups in total. The minimum atomic E-state index is 0.295. The minimum Gasteiger partial charge on any atom is -0.341 e. The van der Waals surface area contributed by atoms with Gasteiger partial charge in [-0.2, -0.15) is 0 Å². The van der Waals surface area contributed by atoms with E-state index in [1.165, 1.54) is 5.56 Å². The van der Waals surface area contributed by atoms with Crippen LogP contribution in [-0.4, -0.2) is 36.5 Å². The van der Waals surface area contributed by atoms with Gasteiger partial charge in [-0.15, -0.1) is 0 Å². The SMILES string of the molecule is CC(C)C1CN(C(=O)CCc2ccccc2)CCCN1. The number of carbonyl (C=O) groups is 1. The van der Waals surface area contributed by atoms with Crippen LogP contribution in [0.5, 0.6) is 0 Å². The van der Waals surface area contributed by atoms with Crippen LogP contribution in [0, 0.1) is 5.92 Å². The van der Waals surface area contributed by atoms with Crippen molar-refractivity contribution >= 4 is 5.91 Å². The van der Waals surface area contributed by atoms with E-state index in [0.29, 0.717) is 24.3 Å². The first-order valence-corrected chi connectivity index (χ1v) is 7.72. The number of benzene rings is 1. The van der Waals surface area contributed by atoms with E-state index in [4.69, 9.17) is 0 Å². The summed E-state index contributed by atoms with van der Waals surface area (Å²) in [5.41, 5.74) is 1.24. The van der Waals surface area contributed by atoms with Gasteiger partial charge in [-0.25, -0.2) is 0 Å². The molecule has 0 aliphatic carbocycles. The summed E-state index contributed by atoms with van der Waals surface area (Å²) in [6.45, 7) is 7.20. The van der Waals surface area contributed by atoms with Crippen molar-refractivity contribution in [3.63, 3.8) is 0 Å². The summed E-state index contributed by atoms with van der Waals surface area (Å²) in [4.78, 5) is 14.4. The standard InChI is InChI=1S/C17H26N2O/c1-14(2)16-13-19(12-6-11-18-16)17(20)10-9-15-7-4-3-5-8-15/h3-5,7-8,14,16,18H,6,9-13H2,1-2H3. The Morgan fingerprint density at radius 2 is 2.10 bits per heavy atom. The molecule has 3 nitrogen and oxygen atoms in total. The van der Waals surface area contributed by atoms with Gasteiger partial charge in [0.25, 0.3) is 0 Å². The van der Waals surface area contributed by atoms with Gasteiger partial charge in [0, 0.05) is 25.6 Å². The molecule has 3 heteroatoms. The number of rotatable bonds is 4. The van der Waals surface area contributed by atoms with E-state index in [-0.39, 0.29) is 0 Å². The van der Waals surface area contributed by atoms with Crippen LogP contribution in [0.15, 0.2) is 30.3 Å². The molecule has 0 radical (unpaired) electrons. The van der Waals surface area contributed by atoms with Crippen LogP contribution in [0.25, 0.3) is 0 Å². The molecule has 20 heavy (non-hydrogen) atoms. The first-order chi connectivity index (χ1) is 9.66. The Kier molecular flexibility index (Phi) is 5.60. The molecule has 110 valence electrons. The minimum absolute atomic E-state index is 0.295. The highest BCUT2D eigenvalue weighted by molar-refractivity contribution is 5.76. The van der Waals surface area contributed by atoms with Crippen LogP contribution in [0.4, 0.5) is 0 Å². The lowest BCUT2D eigenvalue weighted by atomic mass is 10.0. The number of nitrogens with one attached hydrogen (secondary N) is 1.